The molecular formula is C20H20N2O2. The highest BCUT2D eigenvalue weighted by atomic mass is 16.5. The van der Waals surface area contributed by atoms with Crippen LogP contribution < -0.4 is 15.4 Å². The van der Waals surface area contributed by atoms with Gasteiger partial charge in [0.15, 0.2) is 0 Å². The third kappa shape index (κ3) is 4.04. The van der Waals surface area contributed by atoms with E-state index in [1.807, 2.05) is 61.5 Å². The van der Waals surface area contributed by atoms with Gasteiger partial charge < -0.3 is 15.4 Å². The zero-order chi connectivity index (χ0) is 16.8. The van der Waals surface area contributed by atoms with Gasteiger partial charge in [0.2, 0.25) is 5.91 Å². The molecule has 0 bridgehead atoms. The first-order chi connectivity index (χ1) is 11.7. The highest BCUT2D eigenvalue weighted by molar-refractivity contribution is 5.94. The van der Waals surface area contributed by atoms with E-state index in [-0.39, 0.29) is 12.5 Å². The second-order valence-corrected chi connectivity index (χ2v) is 5.42. The van der Waals surface area contributed by atoms with E-state index >= 15 is 0 Å². The first-order valence-electron chi connectivity index (χ1n) is 8.00. The van der Waals surface area contributed by atoms with Crippen LogP contribution in [0.1, 0.15) is 6.92 Å². The van der Waals surface area contributed by atoms with Crippen molar-refractivity contribution in [3.8, 4) is 5.75 Å². The summed E-state index contributed by atoms with van der Waals surface area (Å²) in [4.78, 5) is 12.1. The van der Waals surface area contributed by atoms with Crippen LogP contribution in [0.25, 0.3) is 10.8 Å². The second kappa shape index (κ2) is 7.51. The molecule has 3 aromatic carbocycles. The van der Waals surface area contributed by atoms with E-state index in [1.54, 1.807) is 0 Å². The molecule has 4 heteroatoms. The average molecular weight is 320 g/mol. The fourth-order valence-electron chi connectivity index (χ4n) is 2.49. The number of amides is 1. The smallest absolute Gasteiger partial charge is 0.243 e. The van der Waals surface area contributed by atoms with E-state index in [9.17, 15) is 4.79 Å². The molecule has 1 amide bonds. The van der Waals surface area contributed by atoms with Crippen LogP contribution in [0.5, 0.6) is 5.75 Å². The van der Waals surface area contributed by atoms with Crippen molar-refractivity contribution in [3.63, 3.8) is 0 Å². The van der Waals surface area contributed by atoms with E-state index in [2.05, 4.69) is 22.8 Å². The number of carbonyl (C=O) groups is 1. The van der Waals surface area contributed by atoms with Gasteiger partial charge >= 0.3 is 0 Å². The topological polar surface area (TPSA) is 50.4 Å². The van der Waals surface area contributed by atoms with Crippen LogP contribution in [0, 0.1) is 0 Å². The van der Waals surface area contributed by atoms with Crippen LogP contribution >= 0.6 is 0 Å². The Morgan fingerprint density at radius 1 is 0.917 bits per heavy atom. The number of ether oxygens (including phenoxy) is 1. The first-order valence-corrected chi connectivity index (χ1v) is 8.00. The number of hydrogen-bond donors (Lipinski definition) is 2. The van der Waals surface area contributed by atoms with Crippen LogP contribution in [0.2, 0.25) is 0 Å². The number of nitrogens with one attached hydrogen (secondary N) is 2. The average Bonchev–Trinajstić information content (AvgIpc) is 2.62. The van der Waals surface area contributed by atoms with E-state index in [0.717, 1.165) is 22.5 Å². The molecule has 0 fully saturated rings. The lowest BCUT2D eigenvalue weighted by Crippen LogP contribution is -2.21. The molecule has 2 N–H and O–H groups in total. The van der Waals surface area contributed by atoms with E-state index in [4.69, 9.17) is 4.74 Å². The van der Waals surface area contributed by atoms with Crippen molar-refractivity contribution in [1.29, 1.82) is 0 Å². The van der Waals surface area contributed by atoms with Gasteiger partial charge in [-0.2, -0.15) is 0 Å². The summed E-state index contributed by atoms with van der Waals surface area (Å²) in [5.41, 5.74) is 1.68. The van der Waals surface area contributed by atoms with Crippen LogP contribution in [0.4, 0.5) is 11.4 Å². The highest BCUT2D eigenvalue weighted by Crippen LogP contribution is 2.19. The van der Waals surface area contributed by atoms with Gasteiger partial charge in [0.05, 0.1) is 13.2 Å². The number of fused-ring (bicyclic) bond motifs is 1. The summed E-state index contributed by atoms with van der Waals surface area (Å²) < 4.78 is 5.38. The summed E-state index contributed by atoms with van der Waals surface area (Å²) in [6.45, 7) is 2.78. The van der Waals surface area contributed by atoms with Crippen LogP contribution in [-0.4, -0.2) is 19.1 Å². The number of rotatable bonds is 6. The van der Waals surface area contributed by atoms with Gasteiger partial charge in [-0.1, -0.05) is 30.3 Å². The van der Waals surface area contributed by atoms with Crippen molar-refractivity contribution < 1.29 is 9.53 Å². The molecular weight excluding hydrogens is 300 g/mol. The van der Waals surface area contributed by atoms with Crippen molar-refractivity contribution in [2.75, 3.05) is 23.8 Å². The number of hydrogen-bond acceptors (Lipinski definition) is 3. The maximum Gasteiger partial charge on any atom is 0.243 e. The fourth-order valence-corrected chi connectivity index (χ4v) is 2.49. The maximum atomic E-state index is 12.1. The lowest BCUT2D eigenvalue weighted by molar-refractivity contribution is -0.114. The Morgan fingerprint density at radius 3 is 2.38 bits per heavy atom. The number of carbonyl (C=O) groups excluding carboxylic acids is 1. The van der Waals surface area contributed by atoms with E-state index < -0.39 is 0 Å². The largest absolute Gasteiger partial charge is 0.494 e. The normalized spacial score (nSPS) is 10.4. The molecule has 0 aliphatic heterocycles. The van der Waals surface area contributed by atoms with Crippen molar-refractivity contribution in [3.05, 3.63) is 66.7 Å². The molecule has 4 nitrogen and oxygen atoms in total. The molecule has 0 spiro atoms. The van der Waals surface area contributed by atoms with Crippen molar-refractivity contribution in [2.45, 2.75) is 6.92 Å². The predicted octanol–water partition coefficient (Wildman–Crippen LogP) is 4.29. The standard InChI is InChI=1S/C20H20N2O2/c1-2-24-19-11-9-17(10-12-19)22-20(23)14-21-18-8-7-15-5-3-4-6-16(15)13-18/h3-13,21H,2,14H2,1H3,(H,22,23). The third-order valence-electron chi connectivity index (χ3n) is 3.65. The molecule has 0 aromatic heterocycles. The Morgan fingerprint density at radius 2 is 1.62 bits per heavy atom. The van der Waals surface area contributed by atoms with Crippen LogP contribution in [-0.2, 0) is 4.79 Å². The molecule has 0 saturated carbocycles. The Balaban J connectivity index is 1.56. The van der Waals surface area contributed by atoms with E-state index in [1.165, 1.54) is 5.39 Å². The summed E-state index contributed by atoms with van der Waals surface area (Å²) in [6, 6.07) is 21.6. The molecule has 0 aliphatic rings. The summed E-state index contributed by atoms with van der Waals surface area (Å²) in [5.74, 6) is 0.706. The molecule has 3 rings (SSSR count). The highest BCUT2D eigenvalue weighted by Gasteiger charge is 2.03. The van der Waals surface area contributed by atoms with Crippen LogP contribution in [0.15, 0.2) is 66.7 Å². The maximum absolute atomic E-state index is 12.1. The van der Waals surface area contributed by atoms with Gasteiger partial charge in [0.1, 0.15) is 5.75 Å². The molecule has 0 heterocycles. The third-order valence-corrected chi connectivity index (χ3v) is 3.65. The fraction of sp³-hybridized carbons (Fsp3) is 0.150. The van der Waals surface area contributed by atoms with Crippen molar-refractivity contribution >= 4 is 28.1 Å². The molecule has 0 saturated heterocycles. The molecule has 0 radical (unpaired) electrons. The number of anilines is 2. The lowest BCUT2D eigenvalue weighted by Gasteiger charge is -2.09. The Bertz CT molecular complexity index is 828. The predicted molar refractivity (Wildman–Crippen MR) is 98.7 cm³/mol. The molecule has 3 aromatic rings. The molecule has 0 unspecified atom stereocenters. The minimum absolute atomic E-state index is 0.0904. The van der Waals surface area contributed by atoms with E-state index in [0.29, 0.717) is 6.61 Å². The van der Waals surface area contributed by atoms with Gasteiger partial charge in [-0.3, -0.25) is 4.79 Å². The van der Waals surface area contributed by atoms with Crippen molar-refractivity contribution in [2.24, 2.45) is 0 Å². The second-order valence-electron chi connectivity index (χ2n) is 5.42. The Labute approximate surface area is 141 Å². The molecule has 0 aliphatic carbocycles. The summed E-state index contributed by atoms with van der Waals surface area (Å²) in [6.07, 6.45) is 0. The lowest BCUT2D eigenvalue weighted by atomic mass is 10.1. The van der Waals surface area contributed by atoms with Crippen LogP contribution in [0.3, 0.4) is 0 Å². The van der Waals surface area contributed by atoms with Gasteiger partial charge in [0.25, 0.3) is 0 Å². The van der Waals surface area contributed by atoms with Gasteiger partial charge in [-0.15, -0.1) is 0 Å². The van der Waals surface area contributed by atoms with Gasteiger partial charge in [-0.25, -0.2) is 0 Å². The Hall–Kier alpha value is -3.01. The van der Waals surface area contributed by atoms with Crippen molar-refractivity contribution in [1.82, 2.24) is 0 Å². The molecule has 122 valence electrons. The minimum atomic E-state index is -0.0904. The summed E-state index contributed by atoms with van der Waals surface area (Å²) in [5, 5.41) is 8.34. The summed E-state index contributed by atoms with van der Waals surface area (Å²) in [7, 11) is 0. The summed E-state index contributed by atoms with van der Waals surface area (Å²) >= 11 is 0. The zero-order valence-corrected chi connectivity index (χ0v) is 13.6. The number of benzene rings is 3. The van der Waals surface area contributed by atoms with Gasteiger partial charge in [-0.05, 0) is 54.1 Å². The zero-order valence-electron chi connectivity index (χ0n) is 13.6. The Kier molecular flexibility index (Phi) is 4.96. The van der Waals surface area contributed by atoms with Gasteiger partial charge in [0, 0.05) is 11.4 Å². The molecule has 0 atom stereocenters. The first kappa shape index (κ1) is 15.9. The monoisotopic (exact) mass is 320 g/mol. The quantitative estimate of drug-likeness (QED) is 0.712. The SMILES string of the molecule is CCOc1ccc(NC(=O)CNc2ccc3ccccc3c2)cc1. The minimum Gasteiger partial charge on any atom is -0.494 e. The molecule has 24 heavy (non-hydrogen) atoms.